The standard InChI is InChI=1S/C12H10ClF2N3O/c13-10-5-8(3-4-16-10)19-9-6-18(12(14)15)17-11(9)7-1-2-7/h3-7,12H,1-2H2. The third kappa shape index (κ3) is 2.68. The number of aromatic nitrogens is 3. The fraction of sp³-hybridized carbons (Fsp3) is 0.333. The van der Waals surface area contributed by atoms with Crippen molar-refractivity contribution in [2.24, 2.45) is 0 Å². The highest BCUT2D eigenvalue weighted by Crippen LogP contribution is 2.44. The molecule has 0 spiro atoms. The van der Waals surface area contributed by atoms with Crippen molar-refractivity contribution in [3.8, 4) is 11.5 Å². The average Bonchev–Trinajstić information content (AvgIpc) is 3.11. The maximum absolute atomic E-state index is 12.7. The van der Waals surface area contributed by atoms with Crippen molar-refractivity contribution in [3.63, 3.8) is 0 Å². The molecule has 1 aliphatic rings. The van der Waals surface area contributed by atoms with Gasteiger partial charge in [-0.15, -0.1) is 0 Å². The van der Waals surface area contributed by atoms with Crippen molar-refractivity contribution in [3.05, 3.63) is 35.4 Å². The van der Waals surface area contributed by atoms with Gasteiger partial charge in [0.2, 0.25) is 0 Å². The van der Waals surface area contributed by atoms with Crippen LogP contribution in [0.2, 0.25) is 5.15 Å². The van der Waals surface area contributed by atoms with Gasteiger partial charge in [0.1, 0.15) is 16.6 Å². The molecule has 7 heteroatoms. The van der Waals surface area contributed by atoms with E-state index in [1.165, 1.54) is 18.5 Å². The number of hydrogen-bond donors (Lipinski definition) is 0. The van der Waals surface area contributed by atoms with Crippen molar-refractivity contribution in [2.45, 2.75) is 25.3 Å². The molecule has 4 nitrogen and oxygen atoms in total. The van der Waals surface area contributed by atoms with Crippen LogP contribution in [0.3, 0.4) is 0 Å². The number of alkyl halides is 2. The largest absolute Gasteiger partial charge is 0.454 e. The van der Waals surface area contributed by atoms with E-state index in [0.717, 1.165) is 12.8 Å². The fourth-order valence-corrected chi connectivity index (χ4v) is 1.95. The Morgan fingerprint density at radius 2 is 2.21 bits per heavy atom. The quantitative estimate of drug-likeness (QED) is 0.797. The first-order chi connectivity index (χ1) is 9.13. The fourth-order valence-electron chi connectivity index (χ4n) is 1.78. The lowest BCUT2D eigenvalue weighted by molar-refractivity contribution is 0.0560. The van der Waals surface area contributed by atoms with Crippen molar-refractivity contribution < 1.29 is 13.5 Å². The zero-order chi connectivity index (χ0) is 13.4. The van der Waals surface area contributed by atoms with E-state index in [1.54, 1.807) is 6.07 Å². The third-order valence-corrected chi connectivity index (χ3v) is 3.02. The average molecular weight is 286 g/mol. The first-order valence-electron chi connectivity index (χ1n) is 5.80. The summed E-state index contributed by atoms with van der Waals surface area (Å²) in [6.45, 7) is -2.67. The van der Waals surface area contributed by atoms with Gasteiger partial charge in [0.15, 0.2) is 5.75 Å². The first kappa shape index (κ1) is 12.3. The van der Waals surface area contributed by atoms with E-state index in [1.807, 2.05) is 0 Å². The summed E-state index contributed by atoms with van der Waals surface area (Å²) in [4.78, 5) is 3.83. The van der Waals surface area contributed by atoms with Gasteiger partial charge in [-0.25, -0.2) is 9.67 Å². The molecule has 2 aromatic rings. The lowest BCUT2D eigenvalue weighted by atomic mass is 10.3. The van der Waals surface area contributed by atoms with Gasteiger partial charge in [0, 0.05) is 18.2 Å². The second kappa shape index (κ2) is 4.77. The third-order valence-electron chi connectivity index (χ3n) is 2.82. The van der Waals surface area contributed by atoms with Crippen molar-refractivity contribution in [2.75, 3.05) is 0 Å². The monoisotopic (exact) mass is 285 g/mol. The molecule has 3 rings (SSSR count). The maximum Gasteiger partial charge on any atom is 0.333 e. The van der Waals surface area contributed by atoms with Crippen LogP contribution in [0, 0.1) is 0 Å². The van der Waals surface area contributed by atoms with Crippen molar-refractivity contribution in [1.29, 1.82) is 0 Å². The van der Waals surface area contributed by atoms with E-state index in [0.29, 0.717) is 21.9 Å². The summed E-state index contributed by atoms with van der Waals surface area (Å²) in [6, 6.07) is 3.14. The molecule has 0 amide bonds. The SMILES string of the molecule is FC(F)n1cc(Oc2ccnc(Cl)c2)c(C2CC2)n1. The lowest BCUT2D eigenvalue weighted by Crippen LogP contribution is -1.98. The van der Waals surface area contributed by atoms with Crippen LogP contribution in [-0.2, 0) is 0 Å². The minimum Gasteiger partial charge on any atom is -0.454 e. The van der Waals surface area contributed by atoms with Crippen molar-refractivity contribution >= 4 is 11.6 Å². The molecule has 1 fully saturated rings. The van der Waals surface area contributed by atoms with Crippen LogP contribution in [-0.4, -0.2) is 14.8 Å². The number of nitrogens with zero attached hydrogens (tertiary/aromatic N) is 3. The summed E-state index contributed by atoms with van der Waals surface area (Å²) >= 11 is 5.75. The second-order valence-corrected chi connectivity index (χ2v) is 4.71. The van der Waals surface area contributed by atoms with E-state index in [4.69, 9.17) is 16.3 Å². The zero-order valence-corrected chi connectivity index (χ0v) is 10.5. The predicted octanol–water partition coefficient (Wildman–Crippen LogP) is 4.00. The molecular formula is C12H10ClF2N3O. The van der Waals surface area contributed by atoms with Crippen LogP contribution in [0.4, 0.5) is 8.78 Å². The first-order valence-corrected chi connectivity index (χ1v) is 6.18. The molecular weight excluding hydrogens is 276 g/mol. The Labute approximate surface area is 113 Å². The van der Waals surface area contributed by atoms with Gasteiger partial charge in [-0.1, -0.05) is 11.6 Å². The summed E-state index contributed by atoms with van der Waals surface area (Å²) < 4.78 is 31.5. The van der Waals surface area contributed by atoms with E-state index in [-0.39, 0.29) is 11.1 Å². The maximum atomic E-state index is 12.7. The molecule has 0 saturated heterocycles. The van der Waals surface area contributed by atoms with Gasteiger partial charge in [-0.3, -0.25) is 0 Å². The second-order valence-electron chi connectivity index (χ2n) is 4.33. The lowest BCUT2D eigenvalue weighted by Gasteiger charge is -2.04. The molecule has 0 aliphatic heterocycles. The molecule has 1 aliphatic carbocycles. The van der Waals surface area contributed by atoms with E-state index in [2.05, 4.69) is 10.1 Å². The summed E-state index contributed by atoms with van der Waals surface area (Å²) in [7, 11) is 0. The highest BCUT2D eigenvalue weighted by molar-refractivity contribution is 6.29. The highest BCUT2D eigenvalue weighted by Gasteiger charge is 2.31. The molecule has 0 bridgehead atoms. The zero-order valence-electron chi connectivity index (χ0n) is 9.76. The highest BCUT2D eigenvalue weighted by atomic mass is 35.5. The van der Waals surface area contributed by atoms with Gasteiger partial charge >= 0.3 is 6.55 Å². The Balaban J connectivity index is 1.90. The van der Waals surface area contributed by atoms with E-state index < -0.39 is 6.55 Å². The van der Waals surface area contributed by atoms with Gasteiger partial charge in [-0.05, 0) is 18.9 Å². The molecule has 0 radical (unpaired) electrons. The Morgan fingerprint density at radius 3 is 2.84 bits per heavy atom. The summed E-state index contributed by atoms with van der Waals surface area (Å²) in [5, 5.41) is 4.17. The Hall–Kier alpha value is -1.69. The predicted molar refractivity (Wildman–Crippen MR) is 64.8 cm³/mol. The number of hydrogen-bond acceptors (Lipinski definition) is 3. The molecule has 0 unspecified atom stereocenters. The van der Waals surface area contributed by atoms with Gasteiger partial charge < -0.3 is 4.74 Å². The number of ether oxygens (including phenoxy) is 1. The van der Waals surface area contributed by atoms with Crippen LogP contribution in [0.5, 0.6) is 11.5 Å². The van der Waals surface area contributed by atoms with Gasteiger partial charge in [-0.2, -0.15) is 13.9 Å². The van der Waals surface area contributed by atoms with Crippen LogP contribution < -0.4 is 4.74 Å². The van der Waals surface area contributed by atoms with Gasteiger partial charge in [0.05, 0.1) is 6.20 Å². The molecule has 0 N–H and O–H groups in total. The number of halogens is 3. The molecule has 2 heterocycles. The molecule has 2 aromatic heterocycles. The van der Waals surface area contributed by atoms with E-state index in [9.17, 15) is 8.78 Å². The summed E-state index contributed by atoms with van der Waals surface area (Å²) in [5.74, 6) is 1.02. The Bertz CT molecular complexity index is 598. The summed E-state index contributed by atoms with van der Waals surface area (Å²) in [6.07, 6.45) is 4.61. The van der Waals surface area contributed by atoms with Crippen LogP contribution in [0.25, 0.3) is 0 Å². The number of pyridine rings is 1. The molecule has 0 atom stereocenters. The minimum atomic E-state index is -2.67. The van der Waals surface area contributed by atoms with E-state index >= 15 is 0 Å². The van der Waals surface area contributed by atoms with Gasteiger partial charge in [0.25, 0.3) is 0 Å². The number of rotatable bonds is 4. The Morgan fingerprint density at radius 1 is 1.42 bits per heavy atom. The topological polar surface area (TPSA) is 39.9 Å². The molecule has 1 saturated carbocycles. The molecule has 19 heavy (non-hydrogen) atoms. The smallest absolute Gasteiger partial charge is 0.333 e. The summed E-state index contributed by atoms with van der Waals surface area (Å²) in [5.41, 5.74) is 0.577. The normalized spacial score (nSPS) is 14.9. The van der Waals surface area contributed by atoms with Crippen molar-refractivity contribution in [1.82, 2.24) is 14.8 Å². The van der Waals surface area contributed by atoms with Crippen LogP contribution in [0.1, 0.15) is 31.0 Å². The molecule has 0 aromatic carbocycles. The van der Waals surface area contributed by atoms with Crippen LogP contribution >= 0.6 is 11.6 Å². The minimum absolute atomic E-state index is 0.215. The molecule has 100 valence electrons. The Kier molecular flexibility index (Phi) is 3.10. The van der Waals surface area contributed by atoms with Crippen LogP contribution in [0.15, 0.2) is 24.5 Å².